The SMILES string of the molecule is COc1ccc(Cl)cc1-n1c(C)cc([C@@H]2[C@H](c3ccccn3)NC(=S)N2c2ccc(Oc3ccccc3C)cc2)c1C. The van der Waals surface area contributed by atoms with Crippen molar-refractivity contribution in [1.82, 2.24) is 14.9 Å². The van der Waals surface area contributed by atoms with Crippen molar-refractivity contribution < 1.29 is 9.47 Å². The first-order valence-electron chi connectivity index (χ1n) is 13.7. The Labute approximate surface area is 256 Å². The van der Waals surface area contributed by atoms with Crippen LogP contribution in [0.3, 0.4) is 0 Å². The van der Waals surface area contributed by atoms with Crippen LogP contribution in [0.1, 0.15) is 40.3 Å². The molecule has 6 rings (SSSR count). The van der Waals surface area contributed by atoms with Crippen LogP contribution < -0.4 is 19.7 Å². The Morgan fingerprint density at radius 3 is 2.36 bits per heavy atom. The first kappa shape index (κ1) is 27.8. The summed E-state index contributed by atoms with van der Waals surface area (Å²) in [6, 6.07) is 29.6. The highest BCUT2D eigenvalue weighted by Gasteiger charge is 2.42. The van der Waals surface area contributed by atoms with E-state index >= 15 is 0 Å². The first-order chi connectivity index (χ1) is 20.4. The van der Waals surface area contributed by atoms with E-state index in [9.17, 15) is 0 Å². The Hall–Kier alpha value is -4.33. The van der Waals surface area contributed by atoms with Crippen LogP contribution in [0.25, 0.3) is 5.69 Å². The number of nitrogens with zero attached hydrogens (tertiary/aromatic N) is 3. The van der Waals surface area contributed by atoms with E-state index in [0.717, 1.165) is 56.8 Å². The van der Waals surface area contributed by atoms with Gasteiger partial charge in [-0.2, -0.15) is 0 Å². The lowest BCUT2D eigenvalue weighted by molar-refractivity contribution is 0.412. The molecule has 8 heteroatoms. The topological polar surface area (TPSA) is 51.5 Å². The summed E-state index contributed by atoms with van der Waals surface area (Å²) in [5.74, 6) is 2.34. The monoisotopic (exact) mass is 594 g/mol. The van der Waals surface area contributed by atoms with Crippen molar-refractivity contribution in [3.05, 3.63) is 130 Å². The third-order valence-electron chi connectivity index (χ3n) is 7.71. The molecule has 1 aliphatic rings. The van der Waals surface area contributed by atoms with Crippen molar-refractivity contribution in [2.75, 3.05) is 12.0 Å². The zero-order chi connectivity index (χ0) is 29.4. The summed E-state index contributed by atoms with van der Waals surface area (Å²) in [5.41, 5.74) is 7.08. The molecule has 0 spiro atoms. The average molecular weight is 595 g/mol. The number of hydrogen-bond acceptors (Lipinski definition) is 4. The number of rotatable bonds is 7. The van der Waals surface area contributed by atoms with Gasteiger partial charge in [-0.15, -0.1) is 0 Å². The van der Waals surface area contributed by atoms with E-state index in [-0.39, 0.29) is 12.1 Å². The summed E-state index contributed by atoms with van der Waals surface area (Å²) < 4.78 is 14.1. The second-order valence-corrected chi connectivity index (χ2v) is 11.2. The molecule has 0 saturated carbocycles. The summed E-state index contributed by atoms with van der Waals surface area (Å²) in [6.07, 6.45) is 1.82. The van der Waals surface area contributed by atoms with Crippen molar-refractivity contribution in [2.45, 2.75) is 32.9 Å². The number of benzene rings is 3. The number of aryl methyl sites for hydroxylation is 2. The maximum Gasteiger partial charge on any atom is 0.174 e. The number of aromatic nitrogens is 2. The fourth-order valence-corrected chi connectivity index (χ4v) is 6.23. The predicted molar refractivity (Wildman–Crippen MR) is 172 cm³/mol. The van der Waals surface area contributed by atoms with Gasteiger partial charge in [0.2, 0.25) is 0 Å². The number of pyridine rings is 1. The van der Waals surface area contributed by atoms with Gasteiger partial charge in [0.25, 0.3) is 0 Å². The van der Waals surface area contributed by atoms with E-state index in [1.165, 1.54) is 0 Å². The fourth-order valence-electron chi connectivity index (χ4n) is 5.72. The quantitative estimate of drug-likeness (QED) is 0.191. The van der Waals surface area contributed by atoms with Crippen molar-refractivity contribution in [3.8, 4) is 22.9 Å². The van der Waals surface area contributed by atoms with Gasteiger partial charge < -0.3 is 24.3 Å². The Morgan fingerprint density at radius 2 is 1.64 bits per heavy atom. The molecular formula is C34H31ClN4O2S. The summed E-state index contributed by atoms with van der Waals surface area (Å²) >= 11 is 12.4. The number of anilines is 1. The van der Waals surface area contributed by atoms with Crippen LogP contribution in [-0.4, -0.2) is 21.8 Å². The minimum atomic E-state index is -0.170. The van der Waals surface area contributed by atoms with E-state index in [1.807, 2.05) is 85.9 Å². The minimum Gasteiger partial charge on any atom is -0.495 e. The van der Waals surface area contributed by atoms with Gasteiger partial charge in [-0.3, -0.25) is 4.98 Å². The van der Waals surface area contributed by atoms with Crippen LogP contribution in [0.4, 0.5) is 5.69 Å². The van der Waals surface area contributed by atoms with Crippen molar-refractivity contribution in [1.29, 1.82) is 0 Å². The molecule has 1 N–H and O–H groups in total. The smallest absolute Gasteiger partial charge is 0.174 e. The highest BCUT2D eigenvalue weighted by atomic mass is 35.5. The lowest BCUT2D eigenvalue weighted by Gasteiger charge is -2.28. The van der Waals surface area contributed by atoms with E-state index in [0.29, 0.717) is 10.1 Å². The van der Waals surface area contributed by atoms with Crippen molar-refractivity contribution >= 4 is 34.6 Å². The zero-order valence-corrected chi connectivity index (χ0v) is 25.4. The minimum absolute atomic E-state index is 0.166. The molecule has 3 aromatic carbocycles. The maximum absolute atomic E-state index is 6.44. The summed E-state index contributed by atoms with van der Waals surface area (Å²) in [6.45, 7) is 6.25. The van der Waals surface area contributed by atoms with E-state index in [1.54, 1.807) is 7.11 Å². The number of nitrogens with one attached hydrogen (secondary N) is 1. The Morgan fingerprint density at radius 1 is 0.881 bits per heavy atom. The summed E-state index contributed by atoms with van der Waals surface area (Å²) in [7, 11) is 1.67. The largest absolute Gasteiger partial charge is 0.495 e. The number of para-hydroxylation sites is 1. The standard InChI is InChI=1S/C34H31ClN4O2S/c1-21-9-5-6-11-30(21)41-26-15-13-25(14-16-26)39-33(32(37-34(39)42)28-10-7-8-18-36-28)27-19-22(2)38(23(27)3)29-20-24(35)12-17-31(29)40-4/h5-20,32-33H,1-4H3,(H,37,42)/t32-,33+/m0/s1. The third kappa shape index (κ3) is 5.10. The predicted octanol–water partition coefficient (Wildman–Crippen LogP) is 8.43. The normalized spacial score (nSPS) is 16.4. The van der Waals surface area contributed by atoms with Crippen LogP contribution >= 0.6 is 23.8 Å². The molecule has 0 radical (unpaired) electrons. The molecule has 0 amide bonds. The van der Waals surface area contributed by atoms with E-state index in [4.69, 9.17) is 38.3 Å². The van der Waals surface area contributed by atoms with Crippen LogP contribution in [0.5, 0.6) is 17.2 Å². The van der Waals surface area contributed by atoms with Gasteiger partial charge in [-0.05, 0) is 111 Å². The molecule has 2 atom stereocenters. The molecule has 6 nitrogen and oxygen atoms in total. The molecule has 1 aliphatic heterocycles. The van der Waals surface area contributed by atoms with E-state index < -0.39 is 0 Å². The molecule has 1 fully saturated rings. The van der Waals surface area contributed by atoms with Gasteiger partial charge >= 0.3 is 0 Å². The molecule has 0 bridgehead atoms. The van der Waals surface area contributed by atoms with Gasteiger partial charge in [-0.1, -0.05) is 35.9 Å². The van der Waals surface area contributed by atoms with Crippen LogP contribution in [-0.2, 0) is 0 Å². The van der Waals surface area contributed by atoms with Crippen molar-refractivity contribution in [3.63, 3.8) is 0 Å². The third-order valence-corrected chi connectivity index (χ3v) is 8.25. The second kappa shape index (κ2) is 11.5. The first-order valence-corrected chi connectivity index (χ1v) is 14.5. The Balaban J connectivity index is 1.44. The zero-order valence-electron chi connectivity index (χ0n) is 23.8. The van der Waals surface area contributed by atoms with Gasteiger partial charge in [0, 0.05) is 28.3 Å². The molecule has 1 saturated heterocycles. The molecular weight excluding hydrogens is 564 g/mol. The molecule has 0 unspecified atom stereocenters. The highest BCUT2D eigenvalue weighted by molar-refractivity contribution is 7.80. The second-order valence-electron chi connectivity index (χ2n) is 10.3. The van der Waals surface area contributed by atoms with Crippen molar-refractivity contribution in [2.24, 2.45) is 0 Å². The highest BCUT2D eigenvalue weighted by Crippen LogP contribution is 2.44. The molecule has 42 heavy (non-hydrogen) atoms. The molecule has 5 aromatic rings. The van der Waals surface area contributed by atoms with E-state index in [2.05, 4.69) is 46.8 Å². The summed E-state index contributed by atoms with van der Waals surface area (Å²) in [4.78, 5) is 6.89. The molecule has 212 valence electrons. The van der Waals surface area contributed by atoms with Crippen LogP contribution in [0.2, 0.25) is 5.02 Å². The van der Waals surface area contributed by atoms with Gasteiger partial charge in [0.05, 0.1) is 30.6 Å². The lowest BCUT2D eigenvalue weighted by atomic mass is 9.96. The van der Waals surface area contributed by atoms with Gasteiger partial charge in [0.15, 0.2) is 5.11 Å². The van der Waals surface area contributed by atoms with Crippen LogP contribution in [0.15, 0.2) is 97.2 Å². The number of halogens is 1. The fraction of sp³-hybridized carbons (Fsp3) is 0.176. The Kier molecular flexibility index (Phi) is 7.62. The molecule has 2 aromatic heterocycles. The number of methoxy groups -OCH3 is 1. The Bertz CT molecular complexity index is 1750. The summed E-state index contributed by atoms with van der Waals surface area (Å²) in [5, 5.41) is 4.84. The maximum atomic E-state index is 6.44. The average Bonchev–Trinajstić information content (AvgIpc) is 3.49. The number of thiocarbonyl (C=S) groups is 1. The number of ether oxygens (including phenoxy) is 2. The van der Waals surface area contributed by atoms with Gasteiger partial charge in [0.1, 0.15) is 17.2 Å². The molecule has 3 heterocycles. The van der Waals surface area contributed by atoms with Crippen LogP contribution in [0, 0.1) is 20.8 Å². The van der Waals surface area contributed by atoms with Gasteiger partial charge in [-0.25, -0.2) is 0 Å². The molecule has 0 aliphatic carbocycles. The number of hydrogen-bond donors (Lipinski definition) is 1. The lowest BCUT2D eigenvalue weighted by Crippen LogP contribution is -2.29.